The van der Waals surface area contributed by atoms with E-state index >= 15 is 0 Å². The summed E-state index contributed by atoms with van der Waals surface area (Å²) in [5.74, 6) is 0.204. The number of rotatable bonds is 10. The first-order chi connectivity index (χ1) is 17.6. The summed E-state index contributed by atoms with van der Waals surface area (Å²) in [7, 11) is 1.28. The SMILES string of the molecule is CCOc1cc([C@H]2NC(=O)NC(C)=C2C(=O)OC)ccc1OC[C@H](O)N/N=C/c1cc(Br)c(C)c(Br)c1. The van der Waals surface area contributed by atoms with Crippen molar-refractivity contribution >= 4 is 50.1 Å². The lowest BCUT2D eigenvalue weighted by atomic mass is 9.95. The number of amides is 2. The Kier molecular flexibility index (Phi) is 9.95. The van der Waals surface area contributed by atoms with Crippen molar-refractivity contribution in [1.29, 1.82) is 0 Å². The molecule has 2 amide bonds. The van der Waals surface area contributed by atoms with Crippen molar-refractivity contribution in [2.24, 2.45) is 5.10 Å². The standard InChI is InChI=1S/C25H28Br2N4O6/c1-5-36-20-10-16(23-22(24(33)35-4)14(3)29-25(34)30-23)6-7-19(20)37-12-21(32)31-28-11-15-8-17(26)13(2)18(27)9-15/h6-11,21,23,31-32H,5,12H2,1-4H3,(H2,29,30,34)/b28-11+/t21-,23+/m0/s1. The van der Waals surface area contributed by atoms with Gasteiger partial charge in [0, 0.05) is 14.6 Å². The number of carbonyl (C=O) groups excluding carboxylic acids is 2. The Morgan fingerprint density at radius 1 is 1.19 bits per heavy atom. The zero-order valence-corrected chi connectivity index (χ0v) is 23.9. The maximum Gasteiger partial charge on any atom is 0.337 e. The topological polar surface area (TPSA) is 131 Å². The number of nitrogens with zero attached hydrogens (tertiary/aromatic N) is 1. The monoisotopic (exact) mass is 638 g/mol. The Hall–Kier alpha value is -3.09. The van der Waals surface area contributed by atoms with Crippen LogP contribution < -0.4 is 25.5 Å². The number of hydrazone groups is 1. The largest absolute Gasteiger partial charge is 0.490 e. The highest BCUT2D eigenvalue weighted by Gasteiger charge is 2.32. The van der Waals surface area contributed by atoms with Crippen LogP contribution in [0, 0.1) is 6.92 Å². The Labute approximate surface area is 231 Å². The van der Waals surface area contributed by atoms with Gasteiger partial charge in [0.05, 0.1) is 31.5 Å². The molecule has 0 bridgehead atoms. The summed E-state index contributed by atoms with van der Waals surface area (Å²) in [5.41, 5.74) is 5.81. The molecule has 0 aliphatic carbocycles. The van der Waals surface area contributed by atoms with Gasteiger partial charge in [0.15, 0.2) is 17.7 Å². The number of halogens is 2. The van der Waals surface area contributed by atoms with Gasteiger partial charge in [0.2, 0.25) is 0 Å². The molecule has 0 saturated heterocycles. The maximum absolute atomic E-state index is 12.4. The third-order valence-corrected chi connectivity index (χ3v) is 7.06. The fraction of sp³-hybridized carbons (Fsp3) is 0.320. The minimum absolute atomic E-state index is 0.117. The number of esters is 1. The number of aliphatic hydroxyl groups excluding tert-OH is 1. The molecule has 37 heavy (non-hydrogen) atoms. The Balaban J connectivity index is 1.71. The highest BCUT2D eigenvalue weighted by molar-refractivity contribution is 9.11. The van der Waals surface area contributed by atoms with Gasteiger partial charge in [-0.25, -0.2) is 9.59 Å². The molecule has 198 valence electrons. The Morgan fingerprint density at radius 2 is 1.89 bits per heavy atom. The molecule has 0 unspecified atom stereocenters. The van der Waals surface area contributed by atoms with E-state index in [1.54, 1.807) is 31.3 Å². The van der Waals surface area contributed by atoms with Crippen LogP contribution in [0.2, 0.25) is 0 Å². The average molecular weight is 640 g/mol. The Bertz CT molecular complexity index is 1210. The van der Waals surface area contributed by atoms with Crippen molar-refractivity contribution in [3.8, 4) is 11.5 Å². The fourth-order valence-electron chi connectivity index (χ4n) is 3.56. The summed E-state index contributed by atoms with van der Waals surface area (Å²) in [6.07, 6.45) is 0.489. The van der Waals surface area contributed by atoms with E-state index in [0.717, 1.165) is 20.1 Å². The molecule has 1 heterocycles. The zero-order valence-electron chi connectivity index (χ0n) is 20.7. The van der Waals surface area contributed by atoms with Crippen LogP contribution in [-0.4, -0.2) is 49.9 Å². The molecule has 2 aromatic rings. The highest BCUT2D eigenvalue weighted by atomic mass is 79.9. The van der Waals surface area contributed by atoms with E-state index in [4.69, 9.17) is 14.2 Å². The molecule has 1 aliphatic rings. The van der Waals surface area contributed by atoms with Gasteiger partial charge >= 0.3 is 12.0 Å². The van der Waals surface area contributed by atoms with Crippen molar-refractivity contribution in [1.82, 2.24) is 16.1 Å². The molecule has 0 aromatic heterocycles. The molecule has 1 aliphatic heterocycles. The minimum Gasteiger partial charge on any atom is -0.490 e. The predicted octanol–water partition coefficient (Wildman–Crippen LogP) is 4.04. The number of carbonyl (C=O) groups is 2. The molecule has 4 N–H and O–H groups in total. The maximum atomic E-state index is 12.4. The van der Waals surface area contributed by atoms with E-state index in [9.17, 15) is 14.7 Å². The lowest BCUT2D eigenvalue weighted by Gasteiger charge is -2.28. The van der Waals surface area contributed by atoms with Crippen molar-refractivity contribution in [3.63, 3.8) is 0 Å². The number of nitrogens with one attached hydrogen (secondary N) is 3. The molecule has 0 spiro atoms. The van der Waals surface area contributed by atoms with Gasteiger partial charge in [-0.2, -0.15) is 5.10 Å². The third-order valence-electron chi connectivity index (χ3n) is 5.41. The number of hydrogen-bond donors (Lipinski definition) is 4. The first-order valence-electron chi connectivity index (χ1n) is 11.3. The van der Waals surface area contributed by atoms with Crippen LogP contribution >= 0.6 is 31.9 Å². The molecule has 0 radical (unpaired) electrons. The summed E-state index contributed by atoms with van der Waals surface area (Å²) in [5, 5.41) is 19.7. The van der Waals surface area contributed by atoms with Crippen LogP contribution in [0.1, 0.15) is 36.6 Å². The molecule has 12 heteroatoms. The number of methoxy groups -OCH3 is 1. The smallest absolute Gasteiger partial charge is 0.337 e. The van der Waals surface area contributed by atoms with Gasteiger partial charge in [0.1, 0.15) is 6.61 Å². The first kappa shape index (κ1) is 28.5. The van der Waals surface area contributed by atoms with Gasteiger partial charge in [-0.3, -0.25) is 5.43 Å². The minimum atomic E-state index is -1.09. The lowest BCUT2D eigenvalue weighted by molar-refractivity contribution is -0.136. The zero-order chi connectivity index (χ0) is 27.1. The van der Waals surface area contributed by atoms with Crippen LogP contribution in [-0.2, 0) is 9.53 Å². The predicted molar refractivity (Wildman–Crippen MR) is 146 cm³/mol. The van der Waals surface area contributed by atoms with Crippen LogP contribution in [0.15, 0.2) is 55.6 Å². The second-order valence-electron chi connectivity index (χ2n) is 8.02. The summed E-state index contributed by atoms with van der Waals surface area (Å²) in [6.45, 7) is 5.67. The van der Waals surface area contributed by atoms with Crippen molar-refractivity contribution in [2.45, 2.75) is 33.0 Å². The van der Waals surface area contributed by atoms with Gasteiger partial charge in [-0.15, -0.1) is 0 Å². The normalized spacial score (nSPS) is 16.2. The van der Waals surface area contributed by atoms with Crippen molar-refractivity contribution < 1.29 is 28.9 Å². The van der Waals surface area contributed by atoms with Crippen LogP contribution in [0.5, 0.6) is 11.5 Å². The van der Waals surface area contributed by atoms with Gasteiger partial charge in [0.25, 0.3) is 0 Å². The number of aliphatic hydroxyl groups is 1. The van der Waals surface area contributed by atoms with E-state index in [-0.39, 0.29) is 12.2 Å². The number of allylic oxidation sites excluding steroid dienone is 1. The molecule has 3 rings (SSSR count). The fourth-order valence-corrected chi connectivity index (χ4v) is 4.78. The van der Waals surface area contributed by atoms with Gasteiger partial charge in [-0.05, 0) is 61.7 Å². The van der Waals surface area contributed by atoms with E-state index in [0.29, 0.717) is 29.4 Å². The molecule has 0 saturated carbocycles. The summed E-state index contributed by atoms with van der Waals surface area (Å²) >= 11 is 6.99. The number of benzene rings is 2. The summed E-state index contributed by atoms with van der Waals surface area (Å²) < 4.78 is 18.3. The van der Waals surface area contributed by atoms with Gasteiger partial charge < -0.3 is 30.0 Å². The van der Waals surface area contributed by atoms with E-state index in [1.807, 2.05) is 26.0 Å². The number of ether oxygens (including phenoxy) is 3. The number of urea groups is 1. The average Bonchev–Trinajstić information content (AvgIpc) is 2.85. The summed E-state index contributed by atoms with van der Waals surface area (Å²) in [4.78, 5) is 24.4. The Morgan fingerprint density at radius 3 is 2.54 bits per heavy atom. The third kappa shape index (κ3) is 7.24. The first-order valence-corrected chi connectivity index (χ1v) is 12.9. The molecule has 2 atom stereocenters. The molecule has 10 nitrogen and oxygen atoms in total. The van der Waals surface area contributed by atoms with Crippen LogP contribution in [0.25, 0.3) is 0 Å². The molecular formula is C25H28Br2N4O6. The van der Waals surface area contributed by atoms with E-state index in [2.05, 4.69) is 53.0 Å². The van der Waals surface area contributed by atoms with E-state index < -0.39 is 24.3 Å². The molecule has 0 fully saturated rings. The second-order valence-corrected chi connectivity index (χ2v) is 9.73. The molecular weight excluding hydrogens is 612 g/mol. The highest BCUT2D eigenvalue weighted by Crippen LogP contribution is 2.35. The van der Waals surface area contributed by atoms with Crippen LogP contribution in [0.4, 0.5) is 4.79 Å². The van der Waals surface area contributed by atoms with Gasteiger partial charge in [-0.1, -0.05) is 37.9 Å². The van der Waals surface area contributed by atoms with E-state index in [1.165, 1.54) is 7.11 Å². The van der Waals surface area contributed by atoms with Crippen LogP contribution in [0.3, 0.4) is 0 Å². The second kappa shape index (κ2) is 12.9. The van der Waals surface area contributed by atoms with Crippen molar-refractivity contribution in [3.05, 3.63) is 67.2 Å². The quantitative estimate of drug-likeness (QED) is 0.134. The van der Waals surface area contributed by atoms with Crippen molar-refractivity contribution in [2.75, 3.05) is 20.3 Å². The molecule has 2 aromatic carbocycles. The summed E-state index contributed by atoms with van der Waals surface area (Å²) in [6, 6.07) is 7.68. The number of hydrogen-bond acceptors (Lipinski definition) is 8. The lowest BCUT2D eigenvalue weighted by Crippen LogP contribution is -2.45.